The number of amides is 2. The van der Waals surface area contributed by atoms with Crippen molar-refractivity contribution in [3.63, 3.8) is 0 Å². The molecule has 126 valence electrons. The van der Waals surface area contributed by atoms with E-state index in [0.717, 1.165) is 12.8 Å². The molecule has 0 spiro atoms. The van der Waals surface area contributed by atoms with E-state index in [-0.39, 0.29) is 11.9 Å². The first-order valence-electron chi connectivity index (χ1n) is 8.10. The SMILES string of the molecule is CCOC(=O)N[C@H]1CCCN(C(=O)c2ccccc2OCC)C1. The van der Waals surface area contributed by atoms with Crippen molar-refractivity contribution in [2.24, 2.45) is 0 Å². The summed E-state index contributed by atoms with van der Waals surface area (Å²) in [6.45, 7) is 5.67. The number of piperidine rings is 1. The summed E-state index contributed by atoms with van der Waals surface area (Å²) in [4.78, 5) is 26.1. The fourth-order valence-corrected chi connectivity index (χ4v) is 2.71. The number of nitrogens with one attached hydrogen (secondary N) is 1. The van der Waals surface area contributed by atoms with E-state index in [1.807, 2.05) is 19.1 Å². The Balaban J connectivity index is 2.03. The van der Waals surface area contributed by atoms with Crippen LogP contribution in [0.4, 0.5) is 4.79 Å². The van der Waals surface area contributed by atoms with Crippen molar-refractivity contribution in [3.05, 3.63) is 29.8 Å². The van der Waals surface area contributed by atoms with Gasteiger partial charge in [-0.2, -0.15) is 0 Å². The van der Waals surface area contributed by atoms with Crippen LogP contribution in [0.15, 0.2) is 24.3 Å². The van der Waals surface area contributed by atoms with Crippen LogP contribution >= 0.6 is 0 Å². The monoisotopic (exact) mass is 320 g/mol. The number of benzene rings is 1. The zero-order valence-corrected chi connectivity index (χ0v) is 13.7. The molecular weight excluding hydrogens is 296 g/mol. The minimum atomic E-state index is -0.429. The molecule has 1 saturated heterocycles. The van der Waals surface area contributed by atoms with E-state index < -0.39 is 6.09 Å². The first kappa shape index (κ1) is 17.1. The highest BCUT2D eigenvalue weighted by Gasteiger charge is 2.27. The second-order valence-corrected chi connectivity index (χ2v) is 5.38. The molecule has 0 radical (unpaired) electrons. The molecule has 0 saturated carbocycles. The van der Waals surface area contributed by atoms with E-state index in [9.17, 15) is 9.59 Å². The van der Waals surface area contributed by atoms with Gasteiger partial charge in [-0.25, -0.2) is 4.79 Å². The van der Waals surface area contributed by atoms with E-state index in [1.165, 1.54) is 0 Å². The van der Waals surface area contributed by atoms with Crippen LogP contribution in [0.2, 0.25) is 0 Å². The predicted molar refractivity (Wildman–Crippen MR) is 86.7 cm³/mol. The summed E-state index contributed by atoms with van der Waals surface area (Å²) >= 11 is 0. The van der Waals surface area contributed by atoms with E-state index in [4.69, 9.17) is 9.47 Å². The quantitative estimate of drug-likeness (QED) is 0.905. The van der Waals surface area contributed by atoms with Crippen LogP contribution in [-0.4, -0.2) is 49.2 Å². The molecule has 1 aromatic rings. The van der Waals surface area contributed by atoms with Gasteiger partial charge in [0.1, 0.15) is 5.75 Å². The molecule has 2 rings (SSSR count). The van der Waals surface area contributed by atoms with E-state index in [1.54, 1.807) is 24.0 Å². The van der Waals surface area contributed by atoms with Gasteiger partial charge in [-0.3, -0.25) is 4.79 Å². The standard InChI is InChI=1S/C17H24N2O4/c1-3-22-15-10-6-5-9-14(15)16(20)19-11-7-8-13(12-19)18-17(21)23-4-2/h5-6,9-10,13H,3-4,7-8,11-12H2,1-2H3,(H,18,21)/t13-/m0/s1. The number of rotatable bonds is 5. The lowest BCUT2D eigenvalue weighted by Crippen LogP contribution is -2.49. The molecule has 2 amide bonds. The minimum absolute atomic E-state index is 0.0654. The van der Waals surface area contributed by atoms with Crippen LogP contribution in [-0.2, 0) is 4.74 Å². The molecule has 1 aliphatic heterocycles. The van der Waals surface area contributed by atoms with E-state index >= 15 is 0 Å². The second kappa shape index (κ2) is 8.41. The van der Waals surface area contributed by atoms with Gasteiger partial charge in [0.25, 0.3) is 5.91 Å². The van der Waals surface area contributed by atoms with Crippen LogP contribution in [0.1, 0.15) is 37.0 Å². The summed E-state index contributed by atoms with van der Waals surface area (Å²) in [5, 5.41) is 2.81. The highest BCUT2D eigenvalue weighted by molar-refractivity contribution is 5.97. The number of carbonyl (C=O) groups excluding carboxylic acids is 2. The van der Waals surface area contributed by atoms with Crippen molar-refractivity contribution in [1.29, 1.82) is 0 Å². The average molecular weight is 320 g/mol. The van der Waals surface area contributed by atoms with Crippen molar-refractivity contribution >= 4 is 12.0 Å². The van der Waals surface area contributed by atoms with Gasteiger partial charge in [0.2, 0.25) is 0 Å². The number of hydrogen-bond acceptors (Lipinski definition) is 4. The lowest BCUT2D eigenvalue weighted by atomic mass is 10.0. The molecule has 0 unspecified atom stereocenters. The van der Waals surface area contributed by atoms with Crippen LogP contribution in [0.3, 0.4) is 0 Å². The highest BCUT2D eigenvalue weighted by Crippen LogP contribution is 2.22. The summed E-state index contributed by atoms with van der Waals surface area (Å²) in [5.41, 5.74) is 0.561. The van der Waals surface area contributed by atoms with Crippen molar-refractivity contribution in [2.75, 3.05) is 26.3 Å². The summed E-state index contributed by atoms with van der Waals surface area (Å²) in [5.74, 6) is 0.532. The van der Waals surface area contributed by atoms with Gasteiger partial charge in [-0.1, -0.05) is 12.1 Å². The molecule has 0 aliphatic carbocycles. The van der Waals surface area contributed by atoms with Crippen LogP contribution in [0, 0.1) is 0 Å². The Bertz CT molecular complexity index is 547. The predicted octanol–water partition coefficient (Wildman–Crippen LogP) is 2.44. The zero-order valence-electron chi connectivity index (χ0n) is 13.7. The van der Waals surface area contributed by atoms with Crippen molar-refractivity contribution in [1.82, 2.24) is 10.2 Å². The fourth-order valence-electron chi connectivity index (χ4n) is 2.71. The summed E-state index contributed by atoms with van der Waals surface area (Å²) in [6, 6.07) is 7.17. The van der Waals surface area contributed by atoms with Gasteiger partial charge in [0.15, 0.2) is 0 Å². The average Bonchev–Trinajstić information content (AvgIpc) is 2.55. The normalized spacial score (nSPS) is 17.5. The van der Waals surface area contributed by atoms with E-state index in [2.05, 4.69) is 5.32 Å². The largest absolute Gasteiger partial charge is 0.493 e. The maximum Gasteiger partial charge on any atom is 0.407 e. The van der Waals surface area contributed by atoms with Crippen molar-refractivity contribution in [3.8, 4) is 5.75 Å². The maximum atomic E-state index is 12.8. The van der Waals surface area contributed by atoms with Crippen LogP contribution in [0.5, 0.6) is 5.75 Å². The molecule has 0 aromatic heterocycles. The number of hydrogen-bond donors (Lipinski definition) is 1. The molecule has 6 nitrogen and oxygen atoms in total. The summed E-state index contributed by atoms with van der Waals surface area (Å²) in [7, 11) is 0. The van der Waals surface area contributed by atoms with Gasteiger partial charge in [0, 0.05) is 19.1 Å². The number of carbonyl (C=O) groups is 2. The molecule has 6 heteroatoms. The molecule has 1 heterocycles. The number of ether oxygens (including phenoxy) is 2. The van der Waals surface area contributed by atoms with Crippen LogP contribution in [0.25, 0.3) is 0 Å². The Labute approximate surface area is 136 Å². The van der Waals surface area contributed by atoms with Crippen molar-refractivity contribution < 1.29 is 19.1 Å². The zero-order chi connectivity index (χ0) is 16.7. The molecular formula is C17H24N2O4. The van der Waals surface area contributed by atoms with Gasteiger partial charge < -0.3 is 19.7 Å². The number of likely N-dealkylation sites (tertiary alicyclic amines) is 1. The maximum absolute atomic E-state index is 12.8. The van der Waals surface area contributed by atoms with Gasteiger partial charge in [-0.15, -0.1) is 0 Å². The molecule has 0 bridgehead atoms. The molecule has 23 heavy (non-hydrogen) atoms. The smallest absolute Gasteiger partial charge is 0.407 e. The molecule has 1 aliphatic rings. The fraction of sp³-hybridized carbons (Fsp3) is 0.529. The molecule has 1 atom stereocenters. The molecule has 1 aromatic carbocycles. The third kappa shape index (κ3) is 4.61. The summed E-state index contributed by atoms with van der Waals surface area (Å²) in [6.07, 6.45) is 1.26. The Morgan fingerprint density at radius 2 is 2.04 bits per heavy atom. The lowest BCUT2D eigenvalue weighted by Gasteiger charge is -2.33. The number of nitrogens with zero attached hydrogens (tertiary/aromatic N) is 1. The third-order valence-corrected chi connectivity index (χ3v) is 3.72. The number of para-hydroxylation sites is 1. The Hall–Kier alpha value is -2.24. The minimum Gasteiger partial charge on any atom is -0.493 e. The number of alkyl carbamates (subject to hydrolysis) is 1. The second-order valence-electron chi connectivity index (χ2n) is 5.38. The van der Waals surface area contributed by atoms with Gasteiger partial charge >= 0.3 is 6.09 Å². The molecule has 1 N–H and O–H groups in total. The first-order valence-corrected chi connectivity index (χ1v) is 8.10. The third-order valence-electron chi connectivity index (χ3n) is 3.72. The van der Waals surface area contributed by atoms with Crippen molar-refractivity contribution in [2.45, 2.75) is 32.7 Å². The highest BCUT2D eigenvalue weighted by atomic mass is 16.5. The topological polar surface area (TPSA) is 67.9 Å². The molecule has 1 fully saturated rings. The Kier molecular flexibility index (Phi) is 6.26. The van der Waals surface area contributed by atoms with Gasteiger partial charge in [-0.05, 0) is 38.8 Å². The summed E-state index contributed by atoms with van der Waals surface area (Å²) < 4.78 is 10.4. The van der Waals surface area contributed by atoms with E-state index in [0.29, 0.717) is 37.6 Å². The van der Waals surface area contributed by atoms with Gasteiger partial charge in [0.05, 0.1) is 18.8 Å². The lowest BCUT2D eigenvalue weighted by molar-refractivity contribution is 0.0682. The first-order chi connectivity index (χ1) is 11.2. The Morgan fingerprint density at radius 1 is 1.26 bits per heavy atom. The van der Waals surface area contributed by atoms with Crippen LogP contribution < -0.4 is 10.1 Å². The Morgan fingerprint density at radius 3 is 2.78 bits per heavy atom.